The molecule has 1 aliphatic heterocycles. The maximum atomic E-state index is 11.3. The van der Waals surface area contributed by atoms with E-state index in [9.17, 15) is 15.0 Å². The molecule has 2 rings (SSSR count). The van der Waals surface area contributed by atoms with Gasteiger partial charge in [0.1, 0.15) is 0 Å². The second kappa shape index (κ2) is 8.43. The highest BCUT2D eigenvalue weighted by Crippen LogP contribution is 2.25. The first-order valence-electron chi connectivity index (χ1n) is 8.46. The number of hydrogen-bond donors (Lipinski definition) is 4. The number of amides is 1. The summed E-state index contributed by atoms with van der Waals surface area (Å²) in [7, 11) is 0. The van der Waals surface area contributed by atoms with Crippen LogP contribution in [-0.4, -0.2) is 47.0 Å². The van der Waals surface area contributed by atoms with Gasteiger partial charge in [-0.05, 0) is 24.3 Å². The molecular formula is C18H28N2O3. The lowest BCUT2D eigenvalue weighted by molar-refractivity contribution is -0.120. The van der Waals surface area contributed by atoms with Crippen molar-refractivity contribution in [3.8, 4) is 0 Å². The van der Waals surface area contributed by atoms with Gasteiger partial charge in [-0.3, -0.25) is 4.79 Å². The van der Waals surface area contributed by atoms with Crippen LogP contribution in [-0.2, 0) is 4.79 Å². The van der Waals surface area contributed by atoms with Crippen molar-refractivity contribution in [2.24, 2.45) is 0 Å². The lowest BCUT2D eigenvalue weighted by atomic mass is 9.93. The number of carbonyl (C=O) groups is 1. The molecule has 5 nitrogen and oxygen atoms in total. The summed E-state index contributed by atoms with van der Waals surface area (Å²) in [5.74, 6) is 0.357. The third-order valence-electron chi connectivity index (χ3n) is 4.72. The van der Waals surface area contributed by atoms with Crippen LogP contribution >= 0.6 is 0 Å². The zero-order valence-electron chi connectivity index (χ0n) is 13.9. The maximum Gasteiger partial charge on any atom is 0.219 e. The van der Waals surface area contributed by atoms with Gasteiger partial charge >= 0.3 is 0 Å². The summed E-state index contributed by atoms with van der Waals surface area (Å²) in [6.45, 7) is 4.30. The van der Waals surface area contributed by atoms with Gasteiger partial charge in [0.15, 0.2) is 0 Å². The fourth-order valence-corrected chi connectivity index (χ4v) is 3.11. The van der Waals surface area contributed by atoms with Gasteiger partial charge in [-0.25, -0.2) is 0 Å². The molecule has 1 amide bonds. The number of nitrogens with one attached hydrogen (secondary N) is 2. The normalized spacial score (nSPS) is 28.5. The van der Waals surface area contributed by atoms with E-state index in [2.05, 4.69) is 29.7 Å². The molecule has 0 bridgehead atoms. The average Bonchev–Trinajstić information content (AvgIpc) is 2.86. The molecule has 128 valence electrons. The van der Waals surface area contributed by atoms with Gasteiger partial charge in [-0.15, -0.1) is 0 Å². The highest BCUT2D eigenvalue weighted by Gasteiger charge is 2.40. The van der Waals surface area contributed by atoms with Crippen molar-refractivity contribution in [2.45, 2.75) is 63.3 Å². The van der Waals surface area contributed by atoms with Crippen molar-refractivity contribution in [2.75, 3.05) is 6.54 Å². The zero-order valence-corrected chi connectivity index (χ0v) is 13.9. The lowest BCUT2D eigenvalue weighted by Crippen LogP contribution is -2.43. The first-order chi connectivity index (χ1) is 11.0. The zero-order chi connectivity index (χ0) is 16.8. The predicted octanol–water partition coefficient (Wildman–Crippen LogP) is 1.16. The Bertz CT molecular complexity index is 494. The molecule has 1 saturated heterocycles. The summed E-state index contributed by atoms with van der Waals surface area (Å²) in [4.78, 5) is 11.3. The predicted molar refractivity (Wildman–Crippen MR) is 90.1 cm³/mol. The fourth-order valence-electron chi connectivity index (χ4n) is 3.11. The van der Waals surface area contributed by atoms with Crippen LogP contribution in [0.1, 0.15) is 44.6 Å². The topological polar surface area (TPSA) is 81.6 Å². The van der Waals surface area contributed by atoms with Crippen LogP contribution < -0.4 is 10.6 Å². The molecule has 0 spiro atoms. The van der Waals surface area contributed by atoms with Gasteiger partial charge in [0.05, 0.1) is 18.2 Å². The Morgan fingerprint density at radius 1 is 1.22 bits per heavy atom. The van der Waals surface area contributed by atoms with E-state index >= 15 is 0 Å². The molecular weight excluding hydrogens is 292 g/mol. The molecule has 4 N–H and O–H groups in total. The summed E-state index contributed by atoms with van der Waals surface area (Å²) in [5.41, 5.74) is 1.28. The van der Waals surface area contributed by atoms with E-state index in [-0.39, 0.29) is 18.0 Å². The average molecular weight is 320 g/mol. The Balaban J connectivity index is 1.82. The number of hydrogen-bond acceptors (Lipinski definition) is 4. The largest absolute Gasteiger partial charge is 0.389 e. The minimum atomic E-state index is -0.843. The molecule has 0 radical (unpaired) electrons. The molecule has 0 aromatic heterocycles. The van der Waals surface area contributed by atoms with E-state index in [4.69, 9.17) is 0 Å². The van der Waals surface area contributed by atoms with Crippen LogP contribution in [0.5, 0.6) is 0 Å². The highest BCUT2D eigenvalue weighted by atomic mass is 16.3. The summed E-state index contributed by atoms with van der Waals surface area (Å²) < 4.78 is 0. The van der Waals surface area contributed by atoms with Crippen molar-refractivity contribution in [3.05, 3.63) is 35.9 Å². The van der Waals surface area contributed by atoms with Crippen molar-refractivity contribution < 1.29 is 15.0 Å². The fraction of sp³-hybridized carbons (Fsp3) is 0.611. The lowest BCUT2D eigenvalue weighted by Gasteiger charge is -2.18. The van der Waals surface area contributed by atoms with E-state index < -0.39 is 12.2 Å². The number of aliphatic hydroxyl groups is 2. The Hall–Kier alpha value is -1.43. The summed E-state index contributed by atoms with van der Waals surface area (Å²) in [6, 6.07) is 9.86. The van der Waals surface area contributed by atoms with Crippen LogP contribution in [0.4, 0.5) is 0 Å². The first-order valence-corrected chi connectivity index (χ1v) is 8.46. The van der Waals surface area contributed by atoms with Gasteiger partial charge in [0, 0.05) is 19.0 Å². The smallest absolute Gasteiger partial charge is 0.219 e. The standard InChI is InChI=1S/C18H28N2O3/c1-3-16(21)19-11-15-18(23)17(22)14(20-15)10-9-12(2)13-7-5-4-6-8-13/h4-8,12,14-15,17-18,20,22-23H,3,9-11H2,1-2H3,(H,19,21)/t12?,14-,15-,17-,18-/m1/s1. The van der Waals surface area contributed by atoms with Gasteiger partial charge in [0.2, 0.25) is 5.91 Å². The van der Waals surface area contributed by atoms with E-state index in [0.717, 1.165) is 12.8 Å². The number of aliphatic hydroxyl groups excluding tert-OH is 2. The third kappa shape index (κ3) is 4.77. The molecule has 23 heavy (non-hydrogen) atoms. The second-order valence-corrected chi connectivity index (χ2v) is 6.41. The Morgan fingerprint density at radius 2 is 1.87 bits per heavy atom. The van der Waals surface area contributed by atoms with Gasteiger partial charge in [-0.1, -0.05) is 44.2 Å². The first kappa shape index (κ1) is 17.9. The molecule has 5 atom stereocenters. The molecule has 1 fully saturated rings. The van der Waals surface area contributed by atoms with Crippen LogP contribution in [0.3, 0.4) is 0 Å². The number of carbonyl (C=O) groups excluding carboxylic acids is 1. The van der Waals surface area contributed by atoms with Crippen LogP contribution in [0, 0.1) is 0 Å². The SMILES string of the molecule is CCC(=O)NC[C@H]1N[C@H](CCC(C)c2ccccc2)[C@@H](O)[C@@H]1O. The summed E-state index contributed by atoms with van der Waals surface area (Å²) in [6.07, 6.45) is 0.501. The summed E-state index contributed by atoms with van der Waals surface area (Å²) in [5, 5.41) is 26.4. The van der Waals surface area contributed by atoms with Crippen molar-refractivity contribution in [3.63, 3.8) is 0 Å². The van der Waals surface area contributed by atoms with E-state index in [1.165, 1.54) is 5.56 Å². The molecule has 1 aromatic rings. The van der Waals surface area contributed by atoms with Crippen LogP contribution in [0.25, 0.3) is 0 Å². The van der Waals surface area contributed by atoms with Crippen LogP contribution in [0.2, 0.25) is 0 Å². The summed E-state index contributed by atoms with van der Waals surface area (Å²) >= 11 is 0. The molecule has 1 aromatic carbocycles. The van der Waals surface area contributed by atoms with Gasteiger partial charge in [-0.2, -0.15) is 0 Å². The van der Waals surface area contributed by atoms with Gasteiger partial charge < -0.3 is 20.8 Å². The quantitative estimate of drug-likeness (QED) is 0.608. The third-order valence-corrected chi connectivity index (χ3v) is 4.72. The second-order valence-electron chi connectivity index (χ2n) is 6.41. The minimum Gasteiger partial charge on any atom is -0.389 e. The molecule has 5 heteroatoms. The van der Waals surface area contributed by atoms with E-state index in [0.29, 0.717) is 18.9 Å². The molecule has 1 unspecified atom stereocenters. The van der Waals surface area contributed by atoms with E-state index in [1.54, 1.807) is 6.92 Å². The highest BCUT2D eigenvalue weighted by molar-refractivity contribution is 5.75. The number of rotatable bonds is 7. The number of benzene rings is 1. The van der Waals surface area contributed by atoms with E-state index in [1.807, 2.05) is 18.2 Å². The van der Waals surface area contributed by atoms with Crippen LogP contribution in [0.15, 0.2) is 30.3 Å². The molecule has 0 aliphatic carbocycles. The van der Waals surface area contributed by atoms with Gasteiger partial charge in [0.25, 0.3) is 0 Å². The molecule has 1 heterocycles. The van der Waals surface area contributed by atoms with Crippen molar-refractivity contribution in [1.82, 2.24) is 10.6 Å². The Morgan fingerprint density at radius 3 is 2.52 bits per heavy atom. The molecule has 0 saturated carbocycles. The molecule has 1 aliphatic rings. The maximum absolute atomic E-state index is 11.3. The van der Waals surface area contributed by atoms with Crippen molar-refractivity contribution >= 4 is 5.91 Å². The Kier molecular flexibility index (Phi) is 6.57. The minimum absolute atomic E-state index is 0.0466. The monoisotopic (exact) mass is 320 g/mol. The Labute approximate surface area is 138 Å². The van der Waals surface area contributed by atoms with Crippen molar-refractivity contribution in [1.29, 1.82) is 0 Å².